The molecular weight excluding hydrogens is 234 g/mol. The lowest BCUT2D eigenvalue weighted by molar-refractivity contribution is 0.0901. The lowest BCUT2D eigenvalue weighted by Crippen LogP contribution is -2.50. The van der Waals surface area contributed by atoms with Gasteiger partial charge in [-0.05, 0) is 58.2 Å². The van der Waals surface area contributed by atoms with E-state index in [4.69, 9.17) is 0 Å². The maximum Gasteiger partial charge on any atom is 0.0220 e. The minimum Gasteiger partial charge on any atom is -0.313 e. The third-order valence-electron chi connectivity index (χ3n) is 5.10. The summed E-state index contributed by atoms with van der Waals surface area (Å²) >= 11 is 0. The number of piperidine rings is 1. The fraction of sp³-hybridized carbons (Fsp3) is 1.00. The Morgan fingerprint density at radius 2 is 2.05 bits per heavy atom. The molecule has 112 valence electrons. The maximum atomic E-state index is 3.73. The molecule has 0 bridgehead atoms. The van der Waals surface area contributed by atoms with E-state index in [0.29, 0.717) is 5.41 Å². The fourth-order valence-corrected chi connectivity index (χ4v) is 3.20. The molecule has 3 nitrogen and oxygen atoms in total. The van der Waals surface area contributed by atoms with Gasteiger partial charge in [-0.3, -0.25) is 0 Å². The molecule has 2 aliphatic rings. The molecule has 3 heteroatoms. The number of hydrogen-bond acceptors (Lipinski definition) is 3. The first kappa shape index (κ1) is 15.3. The van der Waals surface area contributed by atoms with E-state index in [1.54, 1.807) is 0 Å². The molecule has 1 aliphatic carbocycles. The van der Waals surface area contributed by atoms with E-state index >= 15 is 0 Å². The summed E-state index contributed by atoms with van der Waals surface area (Å²) in [5.74, 6) is 0. The quantitative estimate of drug-likeness (QED) is 0.763. The summed E-state index contributed by atoms with van der Waals surface area (Å²) in [7, 11) is 4.59. The Morgan fingerprint density at radius 1 is 1.32 bits per heavy atom. The van der Waals surface area contributed by atoms with Gasteiger partial charge in [-0.1, -0.05) is 13.8 Å². The lowest BCUT2D eigenvalue weighted by atomic mass is 9.86. The minimum atomic E-state index is 0.424. The zero-order valence-corrected chi connectivity index (χ0v) is 13.4. The fourth-order valence-electron chi connectivity index (χ4n) is 3.20. The van der Waals surface area contributed by atoms with E-state index < -0.39 is 0 Å². The van der Waals surface area contributed by atoms with Crippen molar-refractivity contribution >= 4 is 0 Å². The second-order valence-electron chi connectivity index (χ2n) is 7.29. The molecule has 0 aromatic heterocycles. The molecule has 0 aromatic rings. The molecule has 0 amide bonds. The molecule has 1 saturated carbocycles. The Kier molecular flexibility index (Phi) is 5.27. The van der Waals surface area contributed by atoms with Gasteiger partial charge in [-0.15, -0.1) is 0 Å². The first-order valence-corrected chi connectivity index (χ1v) is 8.14. The highest BCUT2D eigenvalue weighted by Gasteiger charge is 2.31. The van der Waals surface area contributed by atoms with E-state index in [9.17, 15) is 0 Å². The van der Waals surface area contributed by atoms with Gasteiger partial charge in [0.25, 0.3) is 0 Å². The number of hydrogen-bond donors (Lipinski definition) is 1. The lowest BCUT2D eigenvalue weighted by Gasteiger charge is -2.41. The van der Waals surface area contributed by atoms with Crippen molar-refractivity contribution in [3.63, 3.8) is 0 Å². The van der Waals surface area contributed by atoms with E-state index in [2.05, 4.69) is 43.1 Å². The van der Waals surface area contributed by atoms with Crippen LogP contribution in [0.5, 0.6) is 0 Å². The number of likely N-dealkylation sites (N-methyl/N-ethyl adjacent to an activating group) is 2. The highest BCUT2D eigenvalue weighted by molar-refractivity contribution is 4.88. The number of rotatable bonds is 7. The molecule has 1 saturated heterocycles. The van der Waals surface area contributed by atoms with Crippen LogP contribution in [-0.2, 0) is 0 Å². The van der Waals surface area contributed by atoms with Crippen molar-refractivity contribution in [2.75, 3.05) is 40.3 Å². The van der Waals surface area contributed by atoms with Crippen LogP contribution in [0.25, 0.3) is 0 Å². The van der Waals surface area contributed by atoms with Crippen LogP contribution in [0.4, 0.5) is 0 Å². The van der Waals surface area contributed by atoms with Gasteiger partial charge >= 0.3 is 0 Å². The van der Waals surface area contributed by atoms with Crippen LogP contribution in [-0.4, -0.2) is 62.2 Å². The van der Waals surface area contributed by atoms with Crippen molar-refractivity contribution in [1.82, 2.24) is 15.1 Å². The molecule has 2 rings (SSSR count). The molecule has 0 radical (unpaired) electrons. The van der Waals surface area contributed by atoms with Crippen molar-refractivity contribution in [2.24, 2.45) is 5.41 Å². The average Bonchev–Trinajstić information content (AvgIpc) is 3.20. The van der Waals surface area contributed by atoms with Crippen LogP contribution in [0.1, 0.15) is 46.0 Å². The van der Waals surface area contributed by atoms with E-state index in [1.165, 1.54) is 58.3 Å². The Bertz CT molecular complexity index is 277. The van der Waals surface area contributed by atoms with Crippen LogP contribution < -0.4 is 5.32 Å². The average molecular weight is 267 g/mol. The second kappa shape index (κ2) is 6.55. The smallest absolute Gasteiger partial charge is 0.0220 e. The highest BCUT2D eigenvalue weighted by atomic mass is 15.2. The van der Waals surface area contributed by atoms with Crippen molar-refractivity contribution < 1.29 is 0 Å². The Balaban J connectivity index is 1.81. The molecule has 2 atom stereocenters. The van der Waals surface area contributed by atoms with E-state index in [-0.39, 0.29) is 0 Å². The summed E-state index contributed by atoms with van der Waals surface area (Å²) in [5, 5.41) is 3.73. The van der Waals surface area contributed by atoms with Crippen molar-refractivity contribution in [2.45, 2.75) is 58.0 Å². The van der Waals surface area contributed by atoms with Crippen LogP contribution in [0.3, 0.4) is 0 Å². The summed E-state index contributed by atoms with van der Waals surface area (Å²) < 4.78 is 0. The maximum absolute atomic E-state index is 3.73. The third kappa shape index (κ3) is 4.73. The number of likely N-dealkylation sites (tertiary alicyclic amines) is 1. The molecule has 0 aromatic carbocycles. The standard InChI is InChI=1S/C16H33N3/c1-5-16(2,12-17-14-8-9-14)13-19(4)15-7-6-10-18(3)11-15/h14-15,17H,5-13H2,1-4H3. The molecule has 2 unspecified atom stereocenters. The summed E-state index contributed by atoms with van der Waals surface area (Å²) in [4.78, 5) is 5.10. The molecular formula is C16H33N3. The monoisotopic (exact) mass is 267 g/mol. The van der Waals surface area contributed by atoms with E-state index in [0.717, 1.165) is 12.1 Å². The number of nitrogens with one attached hydrogen (secondary N) is 1. The third-order valence-corrected chi connectivity index (χ3v) is 5.10. The van der Waals surface area contributed by atoms with Gasteiger partial charge in [-0.2, -0.15) is 0 Å². The normalized spacial score (nSPS) is 28.6. The number of nitrogens with zero attached hydrogens (tertiary/aromatic N) is 2. The molecule has 2 fully saturated rings. The molecule has 1 aliphatic heterocycles. The van der Waals surface area contributed by atoms with Gasteiger partial charge in [0.2, 0.25) is 0 Å². The Hall–Kier alpha value is -0.120. The van der Waals surface area contributed by atoms with Crippen molar-refractivity contribution in [1.29, 1.82) is 0 Å². The van der Waals surface area contributed by atoms with Gasteiger partial charge in [0.15, 0.2) is 0 Å². The molecule has 19 heavy (non-hydrogen) atoms. The topological polar surface area (TPSA) is 18.5 Å². The van der Waals surface area contributed by atoms with Crippen LogP contribution in [0.2, 0.25) is 0 Å². The SMILES string of the molecule is CCC(C)(CNC1CC1)CN(C)C1CCCN(C)C1. The van der Waals surface area contributed by atoms with Crippen molar-refractivity contribution in [3.8, 4) is 0 Å². The predicted octanol–water partition coefficient (Wildman–Crippen LogP) is 2.18. The van der Waals surface area contributed by atoms with Gasteiger partial charge in [-0.25, -0.2) is 0 Å². The highest BCUT2D eigenvalue weighted by Crippen LogP contribution is 2.26. The van der Waals surface area contributed by atoms with Gasteiger partial charge < -0.3 is 15.1 Å². The zero-order chi connectivity index (χ0) is 13.9. The molecule has 1 heterocycles. The van der Waals surface area contributed by atoms with Crippen LogP contribution >= 0.6 is 0 Å². The first-order chi connectivity index (χ1) is 9.02. The molecule has 1 N–H and O–H groups in total. The molecule has 0 spiro atoms. The summed E-state index contributed by atoms with van der Waals surface area (Å²) in [6, 6.07) is 1.59. The summed E-state index contributed by atoms with van der Waals surface area (Å²) in [6.07, 6.45) is 6.77. The van der Waals surface area contributed by atoms with Gasteiger partial charge in [0.1, 0.15) is 0 Å². The second-order valence-corrected chi connectivity index (χ2v) is 7.29. The first-order valence-electron chi connectivity index (χ1n) is 8.14. The largest absolute Gasteiger partial charge is 0.313 e. The van der Waals surface area contributed by atoms with E-state index in [1.807, 2.05) is 0 Å². The summed E-state index contributed by atoms with van der Waals surface area (Å²) in [5.41, 5.74) is 0.424. The zero-order valence-electron chi connectivity index (χ0n) is 13.4. The van der Waals surface area contributed by atoms with Crippen LogP contribution in [0.15, 0.2) is 0 Å². The van der Waals surface area contributed by atoms with Gasteiger partial charge in [0.05, 0.1) is 0 Å². The minimum absolute atomic E-state index is 0.424. The van der Waals surface area contributed by atoms with Gasteiger partial charge in [0, 0.05) is 31.7 Å². The summed E-state index contributed by atoms with van der Waals surface area (Å²) in [6.45, 7) is 9.72. The van der Waals surface area contributed by atoms with Crippen molar-refractivity contribution in [3.05, 3.63) is 0 Å². The Morgan fingerprint density at radius 3 is 2.63 bits per heavy atom. The Labute approximate surface area is 119 Å². The predicted molar refractivity (Wildman–Crippen MR) is 82.6 cm³/mol. The van der Waals surface area contributed by atoms with Crippen LogP contribution in [0, 0.1) is 5.41 Å².